The number of thioether (sulfide) groups is 1. The van der Waals surface area contributed by atoms with Crippen molar-refractivity contribution in [3.63, 3.8) is 0 Å². The van der Waals surface area contributed by atoms with Gasteiger partial charge in [0.25, 0.3) is 0 Å². The van der Waals surface area contributed by atoms with E-state index >= 15 is 0 Å². The normalized spacial score (nSPS) is 12.3. The molecular weight excluding hydrogens is 222 g/mol. The monoisotopic (exact) mass is 239 g/mol. The van der Waals surface area contributed by atoms with Crippen LogP contribution in [0.25, 0.3) is 0 Å². The van der Waals surface area contributed by atoms with Crippen LogP contribution in [0, 0.1) is 0 Å². The van der Waals surface area contributed by atoms with E-state index in [1.165, 1.54) is 5.56 Å². The van der Waals surface area contributed by atoms with Gasteiger partial charge in [-0.15, -0.1) is 0 Å². The van der Waals surface area contributed by atoms with Crippen LogP contribution in [0.1, 0.15) is 12.0 Å². The second-order valence-corrected chi connectivity index (χ2v) is 4.76. The molecule has 0 saturated carbocycles. The molecule has 16 heavy (non-hydrogen) atoms. The lowest BCUT2D eigenvalue weighted by atomic mass is 10.1. The van der Waals surface area contributed by atoms with Crippen molar-refractivity contribution in [2.45, 2.75) is 18.9 Å². The Kier molecular flexibility index (Phi) is 5.96. The van der Waals surface area contributed by atoms with E-state index in [0.29, 0.717) is 5.75 Å². The second-order valence-electron chi connectivity index (χ2n) is 3.61. The van der Waals surface area contributed by atoms with Crippen LogP contribution in [0.3, 0.4) is 0 Å². The van der Waals surface area contributed by atoms with Gasteiger partial charge in [0.05, 0.1) is 0 Å². The van der Waals surface area contributed by atoms with Crippen LogP contribution in [0.15, 0.2) is 30.3 Å². The maximum absolute atomic E-state index is 10.4. The highest BCUT2D eigenvalue weighted by Crippen LogP contribution is 2.08. The van der Waals surface area contributed by atoms with Crippen molar-refractivity contribution in [3.05, 3.63) is 35.9 Å². The van der Waals surface area contributed by atoms with Crippen molar-refractivity contribution in [1.29, 1.82) is 0 Å². The number of hydrogen-bond donors (Lipinski definition) is 2. The molecule has 1 aromatic carbocycles. The Bertz CT molecular complexity index is 316. The molecule has 0 aliphatic rings. The molecule has 0 radical (unpaired) electrons. The summed E-state index contributed by atoms with van der Waals surface area (Å²) in [4.78, 5) is 10.4. The van der Waals surface area contributed by atoms with Gasteiger partial charge in [-0.2, -0.15) is 11.8 Å². The van der Waals surface area contributed by atoms with Crippen LogP contribution in [0.2, 0.25) is 0 Å². The largest absolute Gasteiger partial charge is 0.480 e. The molecule has 3 N–H and O–H groups in total. The summed E-state index contributed by atoms with van der Waals surface area (Å²) in [6, 6.07) is 9.54. The van der Waals surface area contributed by atoms with Gasteiger partial charge in [-0.05, 0) is 24.2 Å². The molecule has 0 bridgehead atoms. The summed E-state index contributed by atoms with van der Waals surface area (Å²) in [5.41, 5.74) is 6.71. The minimum atomic E-state index is -0.921. The van der Waals surface area contributed by atoms with Crippen molar-refractivity contribution in [3.8, 4) is 0 Å². The lowest BCUT2D eigenvalue weighted by molar-refractivity contribution is -0.137. The zero-order chi connectivity index (χ0) is 11.8. The third-order valence-electron chi connectivity index (χ3n) is 2.21. The second kappa shape index (κ2) is 7.30. The van der Waals surface area contributed by atoms with Crippen LogP contribution < -0.4 is 5.73 Å². The fourth-order valence-electron chi connectivity index (χ4n) is 1.30. The predicted molar refractivity (Wildman–Crippen MR) is 67.7 cm³/mol. The fourth-order valence-corrected chi connectivity index (χ4v) is 2.22. The molecule has 0 aliphatic heterocycles. The van der Waals surface area contributed by atoms with Gasteiger partial charge in [0.15, 0.2) is 0 Å². The minimum Gasteiger partial charge on any atom is -0.480 e. The Hall–Kier alpha value is -1.00. The number of carboxylic acids is 1. The third-order valence-corrected chi connectivity index (χ3v) is 3.38. The Morgan fingerprint density at radius 1 is 1.38 bits per heavy atom. The fraction of sp³-hybridized carbons (Fsp3) is 0.417. The highest BCUT2D eigenvalue weighted by atomic mass is 32.2. The first-order valence-corrected chi connectivity index (χ1v) is 6.45. The molecule has 0 fully saturated rings. The van der Waals surface area contributed by atoms with Crippen LogP contribution in [-0.4, -0.2) is 28.6 Å². The molecule has 1 rings (SSSR count). The summed E-state index contributed by atoms with van der Waals surface area (Å²) in [5.74, 6) is 0.524. The van der Waals surface area contributed by atoms with Crippen LogP contribution in [-0.2, 0) is 11.2 Å². The summed E-state index contributed by atoms with van der Waals surface area (Å²) >= 11 is 1.60. The van der Waals surface area contributed by atoms with Crippen LogP contribution in [0.4, 0.5) is 0 Å². The molecule has 1 unspecified atom stereocenters. The standard InChI is InChI=1S/C12H17NO2S/c13-11(12(14)15)9-16-8-4-7-10-5-2-1-3-6-10/h1-3,5-6,11H,4,7-9,13H2,(H,14,15). The first kappa shape index (κ1) is 13.1. The molecular formula is C12H17NO2S. The van der Waals surface area contributed by atoms with Crippen molar-refractivity contribution in [1.82, 2.24) is 0 Å². The van der Waals surface area contributed by atoms with E-state index in [1.807, 2.05) is 18.2 Å². The van der Waals surface area contributed by atoms with Gasteiger partial charge in [0.2, 0.25) is 0 Å². The number of nitrogens with two attached hydrogens (primary N) is 1. The average Bonchev–Trinajstić information content (AvgIpc) is 2.29. The molecule has 0 amide bonds. The minimum absolute atomic E-state index is 0.490. The van der Waals surface area contributed by atoms with Crippen LogP contribution in [0.5, 0.6) is 0 Å². The maximum Gasteiger partial charge on any atom is 0.321 e. The van der Waals surface area contributed by atoms with E-state index in [0.717, 1.165) is 18.6 Å². The molecule has 0 aliphatic carbocycles. The maximum atomic E-state index is 10.4. The molecule has 4 heteroatoms. The quantitative estimate of drug-likeness (QED) is 0.712. The van der Waals surface area contributed by atoms with E-state index in [4.69, 9.17) is 10.8 Å². The highest BCUT2D eigenvalue weighted by molar-refractivity contribution is 7.99. The molecule has 0 heterocycles. The molecule has 0 spiro atoms. The third kappa shape index (κ3) is 5.19. The van der Waals surface area contributed by atoms with Crippen molar-refractivity contribution in [2.75, 3.05) is 11.5 Å². The number of aryl methyl sites for hydroxylation is 1. The number of benzene rings is 1. The number of aliphatic carboxylic acids is 1. The van der Waals surface area contributed by atoms with Gasteiger partial charge in [0, 0.05) is 5.75 Å². The first-order valence-electron chi connectivity index (χ1n) is 5.30. The Morgan fingerprint density at radius 3 is 2.69 bits per heavy atom. The van der Waals surface area contributed by atoms with Crippen LogP contribution >= 0.6 is 11.8 Å². The molecule has 0 saturated heterocycles. The Morgan fingerprint density at radius 2 is 2.06 bits per heavy atom. The number of carboxylic acid groups (broad SMARTS) is 1. The van der Waals surface area contributed by atoms with E-state index < -0.39 is 12.0 Å². The summed E-state index contributed by atoms with van der Waals surface area (Å²) in [5, 5.41) is 8.58. The smallest absolute Gasteiger partial charge is 0.321 e. The summed E-state index contributed by atoms with van der Waals surface area (Å²) in [6.45, 7) is 0. The predicted octanol–water partition coefficient (Wildman–Crippen LogP) is 1.76. The zero-order valence-electron chi connectivity index (χ0n) is 9.13. The van der Waals surface area contributed by atoms with Gasteiger partial charge in [-0.1, -0.05) is 30.3 Å². The number of rotatable bonds is 7. The van der Waals surface area contributed by atoms with E-state index in [9.17, 15) is 4.79 Å². The number of hydrogen-bond acceptors (Lipinski definition) is 3. The summed E-state index contributed by atoms with van der Waals surface area (Å²) < 4.78 is 0. The SMILES string of the molecule is NC(CSCCCc1ccccc1)C(=O)O. The van der Waals surface area contributed by atoms with Gasteiger partial charge in [-0.3, -0.25) is 4.79 Å². The van der Waals surface area contributed by atoms with Gasteiger partial charge < -0.3 is 10.8 Å². The Labute approximate surface area is 100 Å². The van der Waals surface area contributed by atoms with Gasteiger partial charge in [0.1, 0.15) is 6.04 Å². The van der Waals surface area contributed by atoms with Crippen molar-refractivity contribution in [2.24, 2.45) is 5.73 Å². The van der Waals surface area contributed by atoms with E-state index in [1.54, 1.807) is 11.8 Å². The Balaban J connectivity index is 2.07. The topological polar surface area (TPSA) is 63.3 Å². The molecule has 1 atom stereocenters. The molecule has 1 aromatic rings. The van der Waals surface area contributed by atoms with Gasteiger partial charge in [-0.25, -0.2) is 0 Å². The van der Waals surface area contributed by atoms with Crippen molar-refractivity contribution < 1.29 is 9.90 Å². The zero-order valence-corrected chi connectivity index (χ0v) is 9.95. The molecule has 0 aromatic heterocycles. The average molecular weight is 239 g/mol. The summed E-state index contributed by atoms with van der Waals surface area (Å²) in [6.07, 6.45) is 2.09. The van der Waals surface area contributed by atoms with Gasteiger partial charge >= 0.3 is 5.97 Å². The van der Waals surface area contributed by atoms with E-state index in [-0.39, 0.29) is 0 Å². The molecule has 3 nitrogen and oxygen atoms in total. The molecule has 88 valence electrons. The number of carbonyl (C=O) groups is 1. The lowest BCUT2D eigenvalue weighted by Crippen LogP contribution is -2.32. The first-order chi connectivity index (χ1) is 7.70. The van der Waals surface area contributed by atoms with Crippen molar-refractivity contribution >= 4 is 17.7 Å². The lowest BCUT2D eigenvalue weighted by Gasteiger charge is -2.05. The highest BCUT2D eigenvalue weighted by Gasteiger charge is 2.10. The summed E-state index contributed by atoms with van der Waals surface area (Å²) in [7, 11) is 0. The van der Waals surface area contributed by atoms with E-state index in [2.05, 4.69) is 12.1 Å².